The van der Waals surface area contributed by atoms with Crippen LogP contribution in [0.1, 0.15) is 42.7 Å². The second-order valence-corrected chi connectivity index (χ2v) is 7.85. The van der Waals surface area contributed by atoms with E-state index in [-0.39, 0.29) is 5.92 Å². The van der Waals surface area contributed by atoms with Crippen LogP contribution in [0.15, 0.2) is 48.2 Å². The molecule has 30 heavy (non-hydrogen) atoms. The summed E-state index contributed by atoms with van der Waals surface area (Å²) in [4.78, 5) is 2.33. The molecule has 0 radical (unpaired) electrons. The number of hydrogen-bond acceptors (Lipinski definition) is 5. The zero-order chi connectivity index (χ0) is 21.1. The molecule has 0 bridgehead atoms. The molecule has 2 aromatic rings. The summed E-state index contributed by atoms with van der Waals surface area (Å²) in [6.07, 6.45) is 4.47. The summed E-state index contributed by atoms with van der Waals surface area (Å²) < 4.78 is 16.3. The Labute approximate surface area is 178 Å². The molecule has 0 unspecified atom stereocenters. The molecule has 0 amide bonds. The van der Waals surface area contributed by atoms with Crippen molar-refractivity contribution >= 4 is 5.57 Å². The fraction of sp³-hybridized carbons (Fsp3) is 0.400. The molecular formula is C25H28N2O3. The van der Waals surface area contributed by atoms with Gasteiger partial charge in [0.2, 0.25) is 0 Å². The van der Waals surface area contributed by atoms with Gasteiger partial charge in [-0.05, 0) is 61.1 Å². The van der Waals surface area contributed by atoms with Crippen molar-refractivity contribution in [1.29, 1.82) is 5.26 Å². The maximum absolute atomic E-state index is 10.2. The quantitative estimate of drug-likeness (QED) is 0.703. The van der Waals surface area contributed by atoms with E-state index in [0.717, 1.165) is 54.0 Å². The molecular weight excluding hydrogens is 376 g/mol. The standard InChI is InChI=1S/C25H28N2O3/c1-28-20-10-7-17(8-11-20)25-21(18-9-12-23(29-2)24(14-18)30-3)15-19-6-4-5-13-27(19)22(25)16-26/h7-12,14,19,21H,4-6,13,15H2,1-3H3/t19-,21-/m1/s1. The minimum Gasteiger partial charge on any atom is -0.497 e. The highest BCUT2D eigenvalue weighted by Crippen LogP contribution is 2.47. The largest absolute Gasteiger partial charge is 0.497 e. The lowest BCUT2D eigenvalue weighted by Crippen LogP contribution is -2.43. The Bertz CT molecular complexity index is 975. The molecule has 2 atom stereocenters. The average molecular weight is 405 g/mol. The number of hydrogen-bond donors (Lipinski definition) is 0. The third-order valence-electron chi connectivity index (χ3n) is 6.34. The van der Waals surface area contributed by atoms with Crippen molar-refractivity contribution in [3.63, 3.8) is 0 Å². The van der Waals surface area contributed by atoms with E-state index in [1.54, 1.807) is 21.3 Å². The summed E-state index contributed by atoms with van der Waals surface area (Å²) in [7, 11) is 4.97. The third kappa shape index (κ3) is 3.59. The van der Waals surface area contributed by atoms with Crippen LogP contribution in [0.2, 0.25) is 0 Å². The molecule has 156 valence electrons. The first-order valence-corrected chi connectivity index (χ1v) is 10.5. The number of allylic oxidation sites excluding steroid dienone is 2. The number of methoxy groups -OCH3 is 3. The molecule has 2 aliphatic rings. The predicted octanol–water partition coefficient (Wildman–Crippen LogP) is 4.99. The van der Waals surface area contributed by atoms with E-state index >= 15 is 0 Å². The van der Waals surface area contributed by atoms with E-state index in [4.69, 9.17) is 14.2 Å². The fourth-order valence-electron chi connectivity index (χ4n) is 4.85. The summed E-state index contributed by atoms with van der Waals surface area (Å²) >= 11 is 0. The van der Waals surface area contributed by atoms with Gasteiger partial charge in [-0.25, -0.2) is 0 Å². The number of rotatable bonds is 5. The van der Waals surface area contributed by atoms with Gasteiger partial charge in [0.15, 0.2) is 11.5 Å². The number of nitrogens with zero attached hydrogens (tertiary/aromatic N) is 2. The summed E-state index contributed by atoms with van der Waals surface area (Å²) in [5.41, 5.74) is 4.11. The highest BCUT2D eigenvalue weighted by atomic mass is 16.5. The number of benzene rings is 2. The van der Waals surface area contributed by atoms with Gasteiger partial charge in [0.25, 0.3) is 0 Å². The van der Waals surface area contributed by atoms with Gasteiger partial charge >= 0.3 is 0 Å². The van der Waals surface area contributed by atoms with Crippen LogP contribution >= 0.6 is 0 Å². The van der Waals surface area contributed by atoms with Gasteiger partial charge in [0.1, 0.15) is 17.5 Å². The van der Waals surface area contributed by atoms with E-state index in [2.05, 4.69) is 35.2 Å². The Morgan fingerprint density at radius 1 is 0.933 bits per heavy atom. The van der Waals surface area contributed by atoms with Gasteiger partial charge in [-0.3, -0.25) is 0 Å². The van der Waals surface area contributed by atoms with Gasteiger partial charge in [0.05, 0.1) is 21.3 Å². The molecule has 0 N–H and O–H groups in total. The summed E-state index contributed by atoms with van der Waals surface area (Å²) in [5, 5.41) is 10.2. The molecule has 5 nitrogen and oxygen atoms in total. The molecule has 0 aromatic heterocycles. The molecule has 1 saturated heterocycles. The van der Waals surface area contributed by atoms with E-state index in [9.17, 15) is 5.26 Å². The molecule has 1 fully saturated rings. The van der Waals surface area contributed by atoms with Crippen molar-refractivity contribution in [3.8, 4) is 23.3 Å². The normalized spacial score (nSPS) is 20.9. The van der Waals surface area contributed by atoms with Crippen LogP contribution in [-0.2, 0) is 0 Å². The molecule has 5 heteroatoms. The van der Waals surface area contributed by atoms with Crippen molar-refractivity contribution in [1.82, 2.24) is 4.90 Å². The van der Waals surface area contributed by atoms with Crippen LogP contribution < -0.4 is 14.2 Å². The van der Waals surface area contributed by atoms with Crippen LogP contribution in [-0.4, -0.2) is 38.8 Å². The van der Waals surface area contributed by atoms with Crippen molar-refractivity contribution in [2.45, 2.75) is 37.6 Å². The van der Waals surface area contributed by atoms with Gasteiger partial charge in [-0.2, -0.15) is 5.26 Å². The summed E-state index contributed by atoms with van der Waals surface area (Å²) in [5.74, 6) is 2.36. The van der Waals surface area contributed by atoms with Crippen molar-refractivity contribution in [2.75, 3.05) is 27.9 Å². The Morgan fingerprint density at radius 2 is 1.70 bits per heavy atom. The lowest BCUT2D eigenvalue weighted by atomic mass is 9.76. The zero-order valence-electron chi connectivity index (χ0n) is 17.9. The molecule has 0 aliphatic carbocycles. The van der Waals surface area contributed by atoms with E-state index < -0.39 is 0 Å². The Morgan fingerprint density at radius 3 is 2.37 bits per heavy atom. The molecule has 0 saturated carbocycles. The van der Waals surface area contributed by atoms with Crippen LogP contribution in [0, 0.1) is 11.3 Å². The van der Waals surface area contributed by atoms with Crippen LogP contribution in [0.25, 0.3) is 5.57 Å². The minimum atomic E-state index is 0.118. The Balaban J connectivity index is 1.87. The van der Waals surface area contributed by atoms with Crippen molar-refractivity contribution in [3.05, 3.63) is 59.3 Å². The fourth-order valence-corrected chi connectivity index (χ4v) is 4.85. The predicted molar refractivity (Wildman–Crippen MR) is 117 cm³/mol. The van der Waals surface area contributed by atoms with Crippen molar-refractivity contribution < 1.29 is 14.2 Å². The third-order valence-corrected chi connectivity index (χ3v) is 6.34. The first-order chi connectivity index (χ1) is 14.7. The maximum atomic E-state index is 10.2. The first kappa shape index (κ1) is 20.2. The topological polar surface area (TPSA) is 54.7 Å². The van der Waals surface area contributed by atoms with Gasteiger partial charge in [-0.1, -0.05) is 18.2 Å². The van der Waals surface area contributed by atoms with Gasteiger partial charge < -0.3 is 19.1 Å². The molecule has 2 heterocycles. The van der Waals surface area contributed by atoms with E-state index in [0.29, 0.717) is 17.5 Å². The SMILES string of the molecule is COc1ccc(C2=C(C#N)N3CCCC[C@@H]3C[C@@H]2c2ccc(OC)c(OC)c2)cc1. The second-order valence-electron chi connectivity index (χ2n) is 7.85. The van der Waals surface area contributed by atoms with Crippen LogP contribution in [0.5, 0.6) is 17.2 Å². The Hall–Kier alpha value is -3.13. The van der Waals surface area contributed by atoms with Gasteiger partial charge in [-0.15, -0.1) is 0 Å². The van der Waals surface area contributed by atoms with Crippen LogP contribution in [0.4, 0.5) is 0 Å². The molecule has 2 aromatic carbocycles. The minimum absolute atomic E-state index is 0.118. The lowest BCUT2D eigenvalue weighted by Gasteiger charge is -2.44. The molecule has 0 spiro atoms. The average Bonchev–Trinajstić information content (AvgIpc) is 2.82. The maximum Gasteiger partial charge on any atom is 0.161 e. The Kier molecular flexibility index (Phi) is 5.85. The zero-order valence-corrected chi connectivity index (χ0v) is 17.9. The van der Waals surface area contributed by atoms with E-state index in [1.807, 2.05) is 18.2 Å². The monoisotopic (exact) mass is 404 g/mol. The number of piperidine rings is 1. The van der Waals surface area contributed by atoms with Crippen LogP contribution in [0.3, 0.4) is 0 Å². The summed E-state index contributed by atoms with van der Waals surface area (Å²) in [6.45, 7) is 0.950. The molecule has 2 aliphatic heterocycles. The number of ether oxygens (including phenoxy) is 3. The lowest BCUT2D eigenvalue weighted by molar-refractivity contribution is 0.177. The molecule has 4 rings (SSSR count). The highest BCUT2D eigenvalue weighted by Gasteiger charge is 2.37. The number of nitriles is 1. The first-order valence-electron chi connectivity index (χ1n) is 10.5. The van der Waals surface area contributed by atoms with E-state index in [1.165, 1.54) is 6.42 Å². The highest BCUT2D eigenvalue weighted by molar-refractivity contribution is 5.78. The number of fused-ring (bicyclic) bond motifs is 1. The van der Waals surface area contributed by atoms with Crippen molar-refractivity contribution in [2.24, 2.45) is 0 Å². The summed E-state index contributed by atoms with van der Waals surface area (Å²) in [6, 6.07) is 17.1. The second kappa shape index (κ2) is 8.71. The van der Waals surface area contributed by atoms with Gasteiger partial charge in [0, 0.05) is 24.1 Å². The smallest absolute Gasteiger partial charge is 0.161 e.